The molecule has 1 aromatic rings. The van der Waals surface area contributed by atoms with Crippen LogP contribution in [-0.2, 0) is 17.7 Å². The van der Waals surface area contributed by atoms with Gasteiger partial charge in [0.05, 0.1) is 13.7 Å². The number of carbonyl (C=O) groups excluding carboxylic acids is 1. The topological polar surface area (TPSA) is 59.0 Å². The number of hydrogen-bond donors (Lipinski definition) is 1. The van der Waals surface area contributed by atoms with E-state index in [-0.39, 0.29) is 11.8 Å². The number of carbonyl (C=O) groups is 1. The molecule has 0 radical (unpaired) electrons. The first-order chi connectivity index (χ1) is 9.73. The summed E-state index contributed by atoms with van der Waals surface area (Å²) < 4.78 is 10.7. The molecule has 1 aromatic carbocycles. The van der Waals surface area contributed by atoms with Crippen LogP contribution in [0.2, 0.25) is 0 Å². The predicted octanol–water partition coefficient (Wildman–Crippen LogP) is 3.00. The number of methoxy groups -OCH3 is 1. The van der Waals surface area contributed by atoms with Crippen LogP contribution in [0, 0.1) is 6.92 Å². The van der Waals surface area contributed by atoms with E-state index in [1.165, 1.54) is 0 Å². The van der Waals surface area contributed by atoms with E-state index in [1.54, 1.807) is 18.1 Å². The van der Waals surface area contributed by atoms with Crippen molar-refractivity contribution >= 4 is 6.09 Å². The van der Waals surface area contributed by atoms with Gasteiger partial charge in [0, 0.05) is 18.2 Å². The van der Waals surface area contributed by atoms with Crippen LogP contribution in [0.1, 0.15) is 37.5 Å². The van der Waals surface area contributed by atoms with Gasteiger partial charge in [-0.25, -0.2) is 4.79 Å². The molecule has 0 atom stereocenters. The standard InChI is InChI=1S/C16H23NO4/c1-10-11-6-7-17(15(19)21-16(2,3)4)9-12(11)13(18)8-14(10)20-5/h8,18H,6-7,9H2,1-5H3. The lowest BCUT2D eigenvalue weighted by Crippen LogP contribution is -2.40. The molecule has 1 amide bonds. The lowest BCUT2D eigenvalue weighted by molar-refractivity contribution is 0.0222. The van der Waals surface area contributed by atoms with Gasteiger partial charge in [-0.15, -0.1) is 0 Å². The molecule has 0 aliphatic carbocycles. The number of benzene rings is 1. The van der Waals surface area contributed by atoms with Crippen LogP contribution in [0.25, 0.3) is 0 Å². The number of aromatic hydroxyl groups is 1. The minimum atomic E-state index is -0.519. The zero-order valence-corrected chi connectivity index (χ0v) is 13.3. The summed E-state index contributed by atoms with van der Waals surface area (Å²) in [6.45, 7) is 8.44. The van der Waals surface area contributed by atoms with Crippen molar-refractivity contribution in [2.45, 2.75) is 46.3 Å². The molecular formula is C16H23NO4. The molecule has 1 N–H and O–H groups in total. The summed E-state index contributed by atoms with van der Waals surface area (Å²) in [5.74, 6) is 0.845. The Balaban J connectivity index is 2.25. The summed E-state index contributed by atoms with van der Waals surface area (Å²) in [5.41, 5.74) is 2.35. The van der Waals surface area contributed by atoms with Crippen molar-refractivity contribution in [2.75, 3.05) is 13.7 Å². The highest BCUT2D eigenvalue weighted by atomic mass is 16.6. The Morgan fingerprint density at radius 3 is 2.57 bits per heavy atom. The maximum absolute atomic E-state index is 12.1. The van der Waals surface area contributed by atoms with Crippen molar-refractivity contribution < 1.29 is 19.4 Å². The maximum Gasteiger partial charge on any atom is 0.410 e. The Bertz CT molecular complexity index is 560. The van der Waals surface area contributed by atoms with Gasteiger partial charge in [0.1, 0.15) is 17.1 Å². The lowest BCUT2D eigenvalue weighted by atomic mass is 9.93. The Labute approximate surface area is 125 Å². The Morgan fingerprint density at radius 1 is 1.33 bits per heavy atom. The number of phenols is 1. The van der Waals surface area contributed by atoms with E-state index in [4.69, 9.17) is 9.47 Å². The summed E-state index contributed by atoms with van der Waals surface area (Å²) in [5, 5.41) is 10.2. The normalized spacial score (nSPS) is 14.6. The van der Waals surface area contributed by atoms with E-state index in [2.05, 4.69) is 0 Å². The second-order valence-electron chi connectivity index (χ2n) is 6.33. The molecule has 0 saturated heterocycles. The molecule has 0 spiro atoms. The summed E-state index contributed by atoms with van der Waals surface area (Å²) in [7, 11) is 1.59. The number of rotatable bonds is 1. The number of nitrogens with zero attached hydrogens (tertiary/aromatic N) is 1. The van der Waals surface area contributed by atoms with Crippen molar-refractivity contribution in [2.24, 2.45) is 0 Å². The molecule has 1 aliphatic rings. The maximum atomic E-state index is 12.1. The molecule has 5 heteroatoms. The van der Waals surface area contributed by atoms with Gasteiger partial charge in [0.15, 0.2) is 0 Å². The van der Waals surface area contributed by atoms with Crippen molar-refractivity contribution in [3.63, 3.8) is 0 Å². The fourth-order valence-corrected chi connectivity index (χ4v) is 2.58. The Morgan fingerprint density at radius 2 is 2.00 bits per heavy atom. The minimum absolute atomic E-state index is 0.167. The number of hydrogen-bond acceptors (Lipinski definition) is 4. The van der Waals surface area contributed by atoms with Gasteiger partial charge in [-0.2, -0.15) is 0 Å². The van der Waals surface area contributed by atoms with E-state index >= 15 is 0 Å². The Kier molecular flexibility index (Phi) is 4.03. The monoisotopic (exact) mass is 293 g/mol. The van der Waals surface area contributed by atoms with Crippen molar-refractivity contribution in [3.05, 3.63) is 22.8 Å². The van der Waals surface area contributed by atoms with E-state index in [0.29, 0.717) is 25.3 Å². The predicted molar refractivity (Wildman–Crippen MR) is 79.7 cm³/mol. The summed E-state index contributed by atoms with van der Waals surface area (Å²) in [6.07, 6.45) is 0.339. The van der Waals surface area contributed by atoms with Gasteiger partial charge in [-0.05, 0) is 45.2 Å². The van der Waals surface area contributed by atoms with E-state index in [1.807, 2.05) is 27.7 Å². The largest absolute Gasteiger partial charge is 0.507 e. The second kappa shape index (κ2) is 5.47. The van der Waals surface area contributed by atoms with Crippen LogP contribution < -0.4 is 4.74 Å². The van der Waals surface area contributed by atoms with Crippen molar-refractivity contribution in [1.29, 1.82) is 0 Å². The molecule has 0 fully saturated rings. The first-order valence-corrected chi connectivity index (χ1v) is 7.09. The first kappa shape index (κ1) is 15.5. The van der Waals surface area contributed by atoms with Crippen LogP contribution in [0.15, 0.2) is 6.07 Å². The quantitative estimate of drug-likeness (QED) is 0.864. The molecule has 5 nitrogen and oxygen atoms in total. The highest BCUT2D eigenvalue weighted by molar-refractivity contribution is 5.69. The molecule has 0 saturated carbocycles. The van der Waals surface area contributed by atoms with Crippen LogP contribution in [-0.4, -0.2) is 35.4 Å². The molecular weight excluding hydrogens is 270 g/mol. The molecule has 21 heavy (non-hydrogen) atoms. The van der Waals surface area contributed by atoms with Crippen LogP contribution in [0.4, 0.5) is 4.79 Å². The summed E-state index contributed by atoms with van der Waals surface area (Å²) >= 11 is 0. The summed E-state index contributed by atoms with van der Waals surface area (Å²) in [6, 6.07) is 1.60. The van der Waals surface area contributed by atoms with Gasteiger partial charge in [-0.3, -0.25) is 0 Å². The van der Waals surface area contributed by atoms with Gasteiger partial charge < -0.3 is 19.5 Å². The molecule has 0 aromatic heterocycles. The number of amides is 1. The fraction of sp³-hybridized carbons (Fsp3) is 0.562. The van der Waals surface area contributed by atoms with E-state index < -0.39 is 5.60 Å². The van der Waals surface area contributed by atoms with Gasteiger partial charge in [0.2, 0.25) is 0 Å². The van der Waals surface area contributed by atoms with Crippen molar-refractivity contribution in [3.8, 4) is 11.5 Å². The molecule has 1 heterocycles. The number of ether oxygens (including phenoxy) is 2. The second-order valence-corrected chi connectivity index (χ2v) is 6.33. The van der Waals surface area contributed by atoms with Gasteiger partial charge >= 0.3 is 6.09 Å². The SMILES string of the molecule is COc1cc(O)c2c(c1C)CCN(C(=O)OC(C)(C)C)C2. The average molecular weight is 293 g/mol. The third-order valence-corrected chi connectivity index (χ3v) is 3.62. The molecule has 1 aliphatic heterocycles. The highest BCUT2D eigenvalue weighted by Gasteiger charge is 2.28. The smallest absolute Gasteiger partial charge is 0.410 e. The lowest BCUT2D eigenvalue weighted by Gasteiger charge is -2.32. The highest BCUT2D eigenvalue weighted by Crippen LogP contribution is 2.36. The van der Waals surface area contributed by atoms with Crippen molar-refractivity contribution in [1.82, 2.24) is 4.90 Å². The minimum Gasteiger partial charge on any atom is -0.507 e. The zero-order valence-electron chi connectivity index (χ0n) is 13.3. The molecule has 116 valence electrons. The van der Waals surface area contributed by atoms with E-state index in [9.17, 15) is 9.90 Å². The first-order valence-electron chi connectivity index (χ1n) is 7.09. The van der Waals surface area contributed by atoms with Gasteiger partial charge in [0.25, 0.3) is 0 Å². The van der Waals surface area contributed by atoms with Crippen LogP contribution >= 0.6 is 0 Å². The zero-order chi connectivity index (χ0) is 15.8. The Hall–Kier alpha value is -1.91. The number of phenolic OH excluding ortho intramolecular Hbond substituents is 1. The average Bonchev–Trinajstić information content (AvgIpc) is 2.40. The molecule has 2 rings (SSSR count). The van der Waals surface area contributed by atoms with Crippen LogP contribution in [0.3, 0.4) is 0 Å². The van der Waals surface area contributed by atoms with Gasteiger partial charge in [-0.1, -0.05) is 0 Å². The third-order valence-electron chi connectivity index (χ3n) is 3.62. The molecule has 0 unspecified atom stereocenters. The fourth-order valence-electron chi connectivity index (χ4n) is 2.58. The van der Waals surface area contributed by atoms with Crippen LogP contribution in [0.5, 0.6) is 11.5 Å². The summed E-state index contributed by atoms with van der Waals surface area (Å²) in [4.78, 5) is 13.8. The third kappa shape index (κ3) is 3.23. The van der Waals surface area contributed by atoms with E-state index in [0.717, 1.165) is 16.7 Å². The molecule has 0 bridgehead atoms. The number of fused-ring (bicyclic) bond motifs is 1.